The summed E-state index contributed by atoms with van der Waals surface area (Å²) in [5.74, 6) is 0.673. The summed E-state index contributed by atoms with van der Waals surface area (Å²) < 4.78 is 85.6. The molecule has 0 radical (unpaired) electrons. The van der Waals surface area contributed by atoms with Crippen LogP contribution in [0.5, 0.6) is 11.5 Å². The number of rotatable bonds is 8. The third-order valence-electron chi connectivity index (χ3n) is 3.41. The average molecular weight is 455 g/mol. The van der Waals surface area contributed by atoms with Crippen molar-refractivity contribution in [1.82, 2.24) is 0 Å². The second kappa shape index (κ2) is 9.66. The maximum absolute atomic E-state index is 12.9. The molecule has 0 N–H and O–H groups in total. The summed E-state index contributed by atoms with van der Waals surface area (Å²) in [5, 5.41) is 0. The highest BCUT2D eigenvalue weighted by atomic mass is 32.2. The van der Waals surface area contributed by atoms with Gasteiger partial charge in [0.1, 0.15) is 23.8 Å². The van der Waals surface area contributed by atoms with Crippen LogP contribution in [-0.4, -0.2) is 18.0 Å². The van der Waals surface area contributed by atoms with Crippen molar-refractivity contribution in [2.24, 2.45) is 4.99 Å². The average Bonchev–Trinajstić information content (AvgIpc) is 2.64. The number of halogens is 6. The molecule has 0 saturated heterocycles. The molecule has 29 heavy (non-hydrogen) atoms. The maximum atomic E-state index is 12.9. The summed E-state index contributed by atoms with van der Waals surface area (Å²) in [5.41, 5.74) is -4.64. The molecule has 0 aliphatic rings. The number of alkyl halides is 6. The third kappa shape index (κ3) is 7.07. The van der Waals surface area contributed by atoms with Crippen molar-refractivity contribution in [3.8, 4) is 11.5 Å². The standard InChI is InChI=1S/C18H15F6NO2S2/c1-3-28-16-8-12(17(19,20)21)5-4-11(16)10-26-15-7-6-13(9-14(15)25-2)27-29-18(22,23)24/h4-9H,2-3,10H2,1H3. The Morgan fingerprint density at radius 2 is 1.76 bits per heavy atom. The smallest absolute Gasteiger partial charge is 0.479 e. The molecule has 0 unspecified atom stereocenters. The fourth-order valence-corrected chi connectivity index (χ4v) is 3.31. The molecule has 0 saturated carbocycles. The van der Waals surface area contributed by atoms with Crippen LogP contribution < -0.4 is 8.92 Å². The Balaban J connectivity index is 2.17. The Bertz CT molecular complexity index is 855. The molecule has 0 fully saturated rings. The zero-order chi connectivity index (χ0) is 21.7. The van der Waals surface area contributed by atoms with E-state index in [1.807, 2.05) is 6.92 Å². The van der Waals surface area contributed by atoms with Crippen LogP contribution in [0.15, 0.2) is 46.3 Å². The topological polar surface area (TPSA) is 30.8 Å². The van der Waals surface area contributed by atoms with E-state index in [1.165, 1.54) is 36.0 Å². The highest BCUT2D eigenvalue weighted by Crippen LogP contribution is 2.38. The first-order valence-corrected chi connectivity index (χ1v) is 9.75. The first kappa shape index (κ1) is 23.3. The molecule has 2 aromatic carbocycles. The molecule has 158 valence electrons. The molecule has 0 atom stereocenters. The van der Waals surface area contributed by atoms with Gasteiger partial charge >= 0.3 is 11.7 Å². The third-order valence-corrected chi connectivity index (χ3v) is 4.86. The molecular weight excluding hydrogens is 440 g/mol. The van der Waals surface area contributed by atoms with Crippen LogP contribution in [0.2, 0.25) is 0 Å². The number of nitrogens with zero attached hydrogens (tertiary/aromatic N) is 1. The highest BCUT2D eigenvalue weighted by molar-refractivity contribution is 7.99. The van der Waals surface area contributed by atoms with Crippen LogP contribution in [0.3, 0.4) is 0 Å². The molecule has 11 heteroatoms. The van der Waals surface area contributed by atoms with Gasteiger partial charge in [0.15, 0.2) is 12.0 Å². The Kier molecular flexibility index (Phi) is 7.75. The summed E-state index contributed by atoms with van der Waals surface area (Å²) in [6, 6.07) is 7.19. The zero-order valence-electron chi connectivity index (χ0n) is 14.9. The normalized spacial score (nSPS) is 12.0. The van der Waals surface area contributed by atoms with E-state index >= 15 is 0 Å². The van der Waals surface area contributed by atoms with Gasteiger partial charge in [-0.3, -0.25) is 4.99 Å². The lowest BCUT2D eigenvalue weighted by Crippen LogP contribution is -2.06. The van der Waals surface area contributed by atoms with E-state index in [1.54, 1.807) is 0 Å². The lowest BCUT2D eigenvalue weighted by molar-refractivity contribution is -0.137. The van der Waals surface area contributed by atoms with Crippen LogP contribution in [0.25, 0.3) is 0 Å². The molecule has 0 heterocycles. The van der Waals surface area contributed by atoms with E-state index in [2.05, 4.69) is 15.9 Å². The molecule has 0 aliphatic carbocycles. The first-order chi connectivity index (χ1) is 13.5. The Hall–Kier alpha value is -2.01. The van der Waals surface area contributed by atoms with E-state index in [9.17, 15) is 26.3 Å². The van der Waals surface area contributed by atoms with E-state index in [0.29, 0.717) is 16.2 Å². The monoisotopic (exact) mass is 455 g/mol. The molecule has 0 aromatic heterocycles. The van der Waals surface area contributed by atoms with Crippen molar-refractivity contribution in [3.63, 3.8) is 0 Å². The van der Waals surface area contributed by atoms with Crippen LogP contribution in [-0.2, 0) is 12.8 Å². The van der Waals surface area contributed by atoms with Gasteiger partial charge in [0.2, 0.25) is 0 Å². The molecule has 0 bridgehead atoms. The fraction of sp³-hybridized carbons (Fsp3) is 0.278. The van der Waals surface area contributed by atoms with Gasteiger partial charge in [-0.25, -0.2) is 0 Å². The Morgan fingerprint density at radius 3 is 2.34 bits per heavy atom. The van der Waals surface area contributed by atoms with Gasteiger partial charge in [0.25, 0.3) is 0 Å². The van der Waals surface area contributed by atoms with Gasteiger partial charge in [0, 0.05) is 16.5 Å². The number of hydrogen-bond donors (Lipinski definition) is 0. The maximum Gasteiger partial charge on any atom is 0.479 e. The minimum absolute atomic E-state index is 0.0551. The SMILES string of the molecule is C=Nc1cc(OSC(F)(F)F)ccc1OCc1ccc(C(F)(F)F)cc1SCC. The summed E-state index contributed by atoms with van der Waals surface area (Å²) >= 11 is 0.579. The van der Waals surface area contributed by atoms with Crippen molar-refractivity contribution in [1.29, 1.82) is 0 Å². The van der Waals surface area contributed by atoms with E-state index in [4.69, 9.17) is 4.74 Å². The van der Waals surface area contributed by atoms with Crippen molar-refractivity contribution in [3.05, 3.63) is 47.5 Å². The zero-order valence-corrected chi connectivity index (χ0v) is 16.6. The molecule has 0 amide bonds. The van der Waals surface area contributed by atoms with Crippen LogP contribution in [0.1, 0.15) is 18.1 Å². The Labute approximate surface area is 171 Å². The fourth-order valence-electron chi connectivity index (χ4n) is 2.19. The van der Waals surface area contributed by atoms with Gasteiger partial charge in [-0.1, -0.05) is 13.0 Å². The molecule has 0 spiro atoms. The second-order valence-electron chi connectivity index (χ2n) is 5.44. The molecule has 2 aromatic rings. The largest absolute Gasteiger partial charge is 0.487 e. The predicted octanol–water partition coefficient (Wildman–Crippen LogP) is 7.28. The van der Waals surface area contributed by atoms with Crippen molar-refractivity contribution < 1.29 is 35.3 Å². The second-order valence-corrected chi connectivity index (χ2v) is 7.54. The number of benzene rings is 2. The van der Waals surface area contributed by atoms with Gasteiger partial charge in [-0.05, 0) is 36.7 Å². The molecule has 0 aliphatic heterocycles. The van der Waals surface area contributed by atoms with Gasteiger partial charge in [0.05, 0.1) is 5.56 Å². The highest BCUT2D eigenvalue weighted by Gasteiger charge is 2.32. The van der Waals surface area contributed by atoms with Crippen molar-refractivity contribution in [2.75, 3.05) is 5.75 Å². The first-order valence-electron chi connectivity index (χ1n) is 8.02. The van der Waals surface area contributed by atoms with Crippen LogP contribution in [0, 0.1) is 0 Å². The van der Waals surface area contributed by atoms with E-state index in [-0.39, 0.29) is 23.8 Å². The molecular formula is C18H15F6NO2S2. The molecule has 2 rings (SSSR count). The summed E-state index contributed by atoms with van der Waals surface area (Å²) in [6.45, 7) is 5.10. The van der Waals surface area contributed by atoms with Crippen molar-refractivity contribution in [2.45, 2.75) is 30.1 Å². The summed E-state index contributed by atoms with van der Waals surface area (Å²) in [7, 11) is 0. The number of hydrogen-bond acceptors (Lipinski definition) is 5. The Morgan fingerprint density at radius 1 is 1.03 bits per heavy atom. The van der Waals surface area contributed by atoms with E-state index < -0.39 is 29.3 Å². The van der Waals surface area contributed by atoms with Gasteiger partial charge < -0.3 is 8.92 Å². The summed E-state index contributed by atoms with van der Waals surface area (Å²) in [6.07, 6.45) is -4.45. The lowest BCUT2D eigenvalue weighted by Gasteiger charge is -2.15. The predicted molar refractivity (Wildman–Crippen MR) is 102 cm³/mol. The van der Waals surface area contributed by atoms with E-state index in [0.717, 1.165) is 12.1 Å². The minimum atomic E-state index is -4.56. The number of ether oxygens (including phenoxy) is 1. The number of thioether (sulfide) groups is 1. The van der Waals surface area contributed by atoms with Gasteiger partial charge in [-0.15, -0.1) is 11.8 Å². The van der Waals surface area contributed by atoms with Crippen LogP contribution >= 0.6 is 23.8 Å². The lowest BCUT2D eigenvalue weighted by atomic mass is 10.1. The molecule has 3 nitrogen and oxygen atoms in total. The number of aliphatic imine (C=N–C) groups is 1. The summed E-state index contributed by atoms with van der Waals surface area (Å²) in [4.78, 5) is 4.12. The quantitative estimate of drug-likeness (QED) is 0.181. The minimum Gasteiger partial charge on any atom is -0.487 e. The van der Waals surface area contributed by atoms with Gasteiger partial charge in [-0.2, -0.15) is 26.3 Å². The van der Waals surface area contributed by atoms with Crippen molar-refractivity contribution >= 4 is 36.2 Å². The van der Waals surface area contributed by atoms with Crippen LogP contribution in [0.4, 0.5) is 32.0 Å².